The minimum Gasteiger partial charge on any atom is -0.478 e. The smallest absolute Gasteiger partial charge is 0.349 e. The first-order valence-corrected chi connectivity index (χ1v) is 15.2. The summed E-state index contributed by atoms with van der Waals surface area (Å²) in [6.07, 6.45) is -4.98. The first-order valence-electron chi connectivity index (χ1n) is 15.2. The van der Waals surface area contributed by atoms with Gasteiger partial charge in [-0.3, -0.25) is 0 Å². The molecule has 4 rings (SSSR count). The summed E-state index contributed by atoms with van der Waals surface area (Å²) >= 11 is 0. The van der Waals surface area contributed by atoms with E-state index in [1.165, 1.54) is 24.3 Å². The van der Waals surface area contributed by atoms with Crippen LogP contribution in [-0.2, 0) is 30.4 Å². The molecule has 3 aromatic rings. The van der Waals surface area contributed by atoms with E-state index in [4.69, 9.17) is 18.9 Å². The van der Waals surface area contributed by atoms with E-state index < -0.39 is 48.0 Å². The highest BCUT2D eigenvalue weighted by molar-refractivity contribution is 5.95. The van der Waals surface area contributed by atoms with Gasteiger partial charge in [0.2, 0.25) is 18.0 Å². The molecule has 0 saturated carbocycles. The van der Waals surface area contributed by atoms with E-state index in [0.717, 1.165) is 28.0 Å². The largest absolute Gasteiger partial charge is 0.478 e. The lowest BCUT2D eigenvalue weighted by molar-refractivity contribution is -0.180. The van der Waals surface area contributed by atoms with Gasteiger partial charge in [0, 0.05) is 31.5 Å². The average molecular weight is 666 g/mol. The maximum absolute atomic E-state index is 12.2. The summed E-state index contributed by atoms with van der Waals surface area (Å²) in [5, 5.41) is 32.2. The Kier molecular flexibility index (Phi) is 12.5. The Balaban J connectivity index is 0.000000275. The summed E-state index contributed by atoms with van der Waals surface area (Å²) in [5.41, 5.74) is 3.65. The lowest BCUT2D eigenvalue weighted by Crippen LogP contribution is -2.45. The van der Waals surface area contributed by atoms with Gasteiger partial charge in [-0.25, -0.2) is 19.2 Å². The van der Waals surface area contributed by atoms with Crippen LogP contribution in [0.2, 0.25) is 0 Å². The van der Waals surface area contributed by atoms with Crippen LogP contribution in [0.25, 0.3) is 0 Å². The van der Waals surface area contributed by atoms with Gasteiger partial charge >= 0.3 is 23.9 Å². The third-order valence-electron chi connectivity index (χ3n) is 7.03. The molecule has 0 fully saturated rings. The summed E-state index contributed by atoms with van der Waals surface area (Å²) < 4.78 is 21.0. The minimum atomic E-state index is -2.22. The van der Waals surface area contributed by atoms with Gasteiger partial charge in [0.1, 0.15) is 5.75 Å². The highest BCUT2D eigenvalue weighted by Gasteiger charge is 2.41. The Morgan fingerprint density at radius 3 is 1.69 bits per heavy atom. The van der Waals surface area contributed by atoms with E-state index in [9.17, 15) is 34.5 Å². The van der Waals surface area contributed by atoms with Crippen molar-refractivity contribution in [2.75, 3.05) is 6.54 Å². The van der Waals surface area contributed by atoms with Gasteiger partial charge in [0.05, 0.1) is 23.8 Å². The van der Waals surface area contributed by atoms with Crippen molar-refractivity contribution in [2.24, 2.45) is 0 Å². The summed E-state index contributed by atoms with van der Waals surface area (Å²) in [7, 11) is 0. The maximum atomic E-state index is 12.2. The Morgan fingerprint density at radius 1 is 0.812 bits per heavy atom. The number of aliphatic carboxylic acids is 2. The molecule has 3 atom stereocenters. The number of esters is 2. The van der Waals surface area contributed by atoms with Crippen molar-refractivity contribution in [3.8, 4) is 5.75 Å². The van der Waals surface area contributed by atoms with Crippen molar-refractivity contribution >= 4 is 23.9 Å². The molecule has 1 aliphatic heterocycles. The number of β-amino-alcohol motifs (C(OH)–C–C–N with tert-alkyl or cyclic N) is 1. The summed E-state index contributed by atoms with van der Waals surface area (Å²) in [6.45, 7) is 14.6. The quantitative estimate of drug-likeness (QED) is 0.214. The number of aliphatic hydroxyl groups is 1. The molecule has 12 heteroatoms. The molecule has 0 saturated heterocycles. The zero-order chi connectivity index (χ0) is 35.8. The lowest BCUT2D eigenvalue weighted by Gasteiger charge is -2.33. The number of carboxylic acid groups (broad SMARTS) is 2. The number of hydrogen-bond donors (Lipinski definition) is 4. The van der Waals surface area contributed by atoms with E-state index in [-0.39, 0.29) is 16.7 Å². The minimum absolute atomic E-state index is 0.00850. The van der Waals surface area contributed by atoms with E-state index in [1.54, 1.807) is 38.1 Å². The monoisotopic (exact) mass is 665 g/mol. The van der Waals surface area contributed by atoms with Crippen LogP contribution in [0.4, 0.5) is 0 Å². The molecule has 3 aromatic carbocycles. The van der Waals surface area contributed by atoms with Gasteiger partial charge in [-0.05, 0) is 76.6 Å². The highest BCUT2D eigenvalue weighted by atomic mass is 16.7. The molecule has 0 radical (unpaired) electrons. The standard InChI is InChI=1S/C20H18O8.C16H25NO3/c1-11-3-7-13(8-4-11)19(25)27-15(17(21)22)16(18(23)24)28-20(26)14-9-5-12(2)6-10-14;1-15(2,3)17-9-13(18)11-6-7-14-12(8-11)10-19-16(4,5)20-14/h3-10,15-16H,1-2H3,(H,21,22)(H,23,24);6-8,13,17-18H,9-10H2,1-5H3/t15-,16-;13-/m00/s1. The molecular formula is C36H43NO11. The number of fused-ring (bicyclic) bond motifs is 1. The molecule has 258 valence electrons. The van der Waals surface area contributed by atoms with Crippen LogP contribution in [0.3, 0.4) is 0 Å². The molecule has 0 spiro atoms. The summed E-state index contributed by atoms with van der Waals surface area (Å²) in [5.74, 6) is -5.37. The predicted octanol–water partition coefficient (Wildman–Crippen LogP) is 4.98. The van der Waals surface area contributed by atoms with Gasteiger partial charge in [-0.15, -0.1) is 0 Å². The summed E-state index contributed by atoms with van der Waals surface area (Å²) in [4.78, 5) is 47.3. The number of carbonyl (C=O) groups is 4. The van der Waals surface area contributed by atoms with E-state index in [2.05, 4.69) is 26.1 Å². The van der Waals surface area contributed by atoms with E-state index >= 15 is 0 Å². The van der Waals surface area contributed by atoms with Gasteiger partial charge < -0.3 is 39.6 Å². The topological polar surface area (TPSA) is 178 Å². The maximum Gasteiger partial charge on any atom is 0.349 e. The number of rotatable bonds is 10. The van der Waals surface area contributed by atoms with Crippen LogP contribution < -0.4 is 10.1 Å². The van der Waals surface area contributed by atoms with Gasteiger partial charge in [0.15, 0.2) is 0 Å². The number of hydrogen-bond acceptors (Lipinski definition) is 10. The van der Waals surface area contributed by atoms with Gasteiger partial charge in [-0.1, -0.05) is 41.5 Å². The van der Waals surface area contributed by atoms with Crippen LogP contribution >= 0.6 is 0 Å². The van der Waals surface area contributed by atoms with Gasteiger partial charge in [0.25, 0.3) is 0 Å². The van der Waals surface area contributed by atoms with Gasteiger partial charge in [-0.2, -0.15) is 0 Å². The normalized spacial score (nSPS) is 15.2. The summed E-state index contributed by atoms with van der Waals surface area (Å²) in [6, 6.07) is 17.8. The second-order valence-corrected chi connectivity index (χ2v) is 12.9. The number of ether oxygens (including phenoxy) is 4. The van der Waals surface area contributed by atoms with Crippen LogP contribution in [0.15, 0.2) is 66.7 Å². The highest BCUT2D eigenvalue weighted by Crippen LogP contribution is 2.33. The van der Waals surface area contributed by atoms with Crippen molar-refractivity contribution in [1.82, 2.24) is 5.32 Å². The van der Waals surface area contributed by atoms with Crippen molar-refractivity contribution < 1.29 is 53.4 Å². The van der Waals surface area contributed by atoms with E-state index in [0.29, 0.717) is 13.2 Å². The Bertz CT molecular complexity index is 1520. The molecule has 0 aliphatic carbocycles. The average Bonchev–Trinajstić information content (AvgIpc) is 3.01. The van der Waals surface area contributed by atoms with Crippen LogP contribution in [0, 0.1) is 13.8 Å². The Morgan fingerprint density at radius 2 is 1.27 bits per heavy atom. The molecular weight excluding hydrogens is 622 g/mol. The molecule has 48 heavy (non-hydrogen) atoms. The number of carbonyl (C=O) groups excluding carboxylic acids is 2. The fourth-order valence-corrected chi connectivity index (χ4v) is 4.31. The molecule has 0 bridgehead atoms. The van der Waals surface area contributed by atoms with Crippen molar-refractivity contribution in [3.05, 3.63) is 100 Å². The van der Waals surface area contributed by atoms with Crippen LogP contribution in [0.5, 0.6) is 5.75 Å². The first kappa shape index (κ1) is 37.7. The number of benzene rings is 3. The molecule has 1 aliphatic rings. The third-order valence-corrected chi connectivity index (χ3v) is 7.03. The molecule has 1 heterocycles. The molecule has 4 N–H and O–H groups in total. The van der Waals surface area contributed by atoms with Crippen molar-refractivity contribution in [2.45, 2.75) is 84.7 Å². The van der Waals surface area contributed by atoms with Crippen molar-refractivity contribution in [3.63, 3.8) is 0 Å². The first-order chi connectivity index (χ1) is 22.3. The number of nitrogens with one attached hydrogen (secondary N) is 1. The fourth-order valence-electron chi connectivity index (χ4n) is 4.31. The van der Waals surface area contributed by atoms with Crippen LogP contribution in [-0.4, -0.2) is 69.3 Å². The third kappa shape index (κ3) is 11.2. The van der Waals surface area contributed by atoms with Crippen molar-refractivity contribution in [1.29, 1.82) is 0 Å². The predicted molar refractivity (Wildman–Crippen MR) is 175 cm³/mol. The fraction of sp³-hybridized carbons (Fsp3) is 0.389. The molecule has 0 unspecified atom stereocenters. The lowest BCUT2D eigenvalue weighted by atomic mass is 10.0. The Hall–Kier alpha value is -4.78. The second-order valence-electron chi connectivity index (χ2n) is 12.9. The zero-order valence-electron chi connectivity index (χ0n) is 28.1. The number of carboxylic acids is 2. The van der Waals surface area contributed by atoms with Crippen LogP contribution in [0.1, 0.15) is 83.7 Å². The number of aryl methyl sites for hydroxylation is 2. The number of aliphatic hydroxyl groups excluding tert-OH is 1. The second kappa shape index (κ2) is 15.9. The Labute approximate surface area is 279 Å². The zero-order valence-corrected chi connectivity index (χ0v) is 28.1. The SMILES string of the molecule is CC(C)(C)NC[C@H](O)c1ccc2c(c1)COC(C)(C)O2.Cc1ccc(C(=O)O[C@H](C(=O)O)[C@H](OC(=O)c2ccc(C)cc2)C(=O)O)cc1. The molecule has 0 aromatic heterocycles. The molecule has 12 nitrogen and oxygen atoms in total. The molecule has 0 amide bonds. The van der Waals surface area contributed by atoms with E-state index in [1.807, 2.05) is 32.0 Å².